The van der Waals surface area contributed by atoms with Crippen molar-refractivity contribution in [2.45, 2.75) is 0 Å². The molecule has 4 rings (SSSR count). The monoisotopic (exact) mass is 380 g/mol. The normalized spacial score (nSPS) is 15.7. The minimum Gasteiger partial charge on any atom is -0.497 e. The first-order chi connectivity index (χ1) is 13.8. The Morgan fingerprint density at radius 2 is 1.64 bits per heavy atom. The Morgan fingerprint density at radius 3 is 2.43 bits per heavy atom. The minimum absolute atomic E-state index is 0.268. The van der Waals surface area contributed by atoms with E-state index in [1.165, 1.54) is 5.69 Å². The Kier molecular flexibility index (Phi) is 5.74. The SMILES string of the molecule is COc1ccc(N2CCN(CC#CCOc3ccc4c(c3)OCO4)CC2)cc1. The highest BCUT2D eigenvalue weighted by Crippen LogP contribution is 2.34. The van der Waals surface area contributed by atoms with Gasteiger partial charge in [-0.3, -0.25) is 4.90 Å². The standard InChI is InChI=1S/C22H24N2O4/c1-25-19-6-4-18(5-7-19)24-13-11-23(12-14-24)10-2-3-15-26-20-8-9-21-22(16-20)28-17-27-21/h4-9,16H,10-15,17H2,1H3. The summed E-state index contributed by atoms with van der Waals surface area (Å²) in [6.07, 6.45) is 0. The van der Waals surface area contributed by atoms with Gasteiger partial charge in [-0.1, -0.05) is 11.8 Å². The van der Waals surface area contributed by atoms with Crippen LogP contribution < -0.4 is 23.8 Å². The minimum atomic E-state index is 0.268. The summed E-state index contributed by atoms with van der Waals surface area (Å²) in [5.74, 6) is 9.41. The third kappa shape index (κ3) is 4.44. The zero-order chi connectivity index (χ0) is 19.2. The van der Waals surface area contributed by atoms with Crippen LogP contribution >= 0.6 is 0 Å². The number of methoxy groups -OCH3 is 1. The van der Waals surface area contributed by atoms with E-state index in [0.717, 1.165) is 55.7 Å². The Balaban J connectivity index is 1.18. The molecule has 0 amide bonds. The van der Waals surface area contributed by atoms with Crippen LogP contribution in [0.25, 0.3) is 0 Å². The molecule has 1 fully saturated rings. The lowest BCUT2D eigenvalue weighted by Gasteiger charge is -2.35. The number of hydrogen-bond donors (Lipinski definition) is 0. The van der Waals surface area contributed by atoms with Crippen molar-refractivity contribution in [2.75, 3.05) is 58.1 Å². The van der Waals surface area contributed by atoms with Crippen molar-refractivity contribution in [1.82, 2.24) is 4.90 Å². The van der Waals surface area contributed by atoms with E-state index in [4.69, 9.17) is 18.9 Å². The lowest BCUT2D eigenvalue weighted by molar-refractivity contribution is 0.174. The van der Waals surface area contributed by atoms with Gasteiger partial charge in [0.05, 0.1) is 13.7 Å². The fourth-order valence-electron chi connectivity index (χ4n) is 3.26. The van der Waals surface area contributed by atoms with Crippen LogP contribution in [0.2, 0.25) is 0 Å². The Morgan fingerprint density at radius 1 is 0.893 bits per heavy atom. The second kappa shape index (κ2) is 8.77. The molecule has 1 saturated heterocycles. The van der Waals surface area contributed by atoms with E-state index < -0.39 is 0 Å². The summed E-state index contributed by atoms with van der Waals surface area (Å²) in [4.78, 5) is 4.76. The van der Waals surface area contributed by atoms with Gasteiger partial charge in [0.1, 0.15) is 18.1 Å². The first-order valence-corrected chi connectivity index (χ1v) is 9.41. The predicted octanol–water partition coefficient (Wildman–Crippen LogP) is 2.63. The maximum Gasteiger partial charge on any atom is 0.231 e. The van der Waals surface area contributed by atoms with Crippen molar-refractivity contribution in [3.05, 3.63) is 42.5 Å². The Labute approximate surface area is 165 Å². The van der Waals surface area contributed by atoms with Crippen LogP contribution in [0.15, 0.2) is 42.5 Å². The van der Waals surface area contributed by atoms with Gasteiger partial charge in [-0.2, -0.15) is 0 Å². The lowest BCUT2D eigenvalue weighted by atomic mass is 10.2. The van der Waals surface area contributed by atoms with Crippen molar-refractivity contribution < 1.29 is 18.9 Å². The molecule has 2 aliphatic rings. The van der Waals surface area contributed by atoms with E-state index in [9.17, 15) is 0 Å². The number of benzene rings is 2. The summed E-state index contributed by atoms with van der Waals surface area (Å²) >= 11 is 0. The summed E-state index contributed by atoms with van der Waals surface area (Å²) < 4.78 is 21.5. The average molecular weight is 380 g/mol. The maximum atomic E-state index is 5.67. The van der Waals surface area contributed by atoms with E-state index in [2.05, 4.69) is 33.8 Å². The van der Waals surface area contributed by atoms with Crippen LogP contribution in [0, 0.1) is 11.8 Å². The molecule has 6 nitrogen and oxygen atoms in total. The third-order valence-electron chi connectivity index (χ3n) is 4.89. The van der Waals surface area contributed by atoms with Gasteiger partial charge in [-0.15, -0.1) is 0 Å². The van der Waals surface area contributed by atoms with Gasteiger partial charge in [0.25, 0.3) is 0 Å². The molecule has 0 aliphatic carbocycles. The predicted molar refractivity (Wildman–Crippen MR) is 107 cm³/mol. The van der Waals surface area contributed by atoms with E-state index in [-0.39, 0.29) is 6.79 Å². The Hall–Kier alpha value is -3.04. The first-order valence-electron chi connectivity index (χ1n) is 9.41. The van der Waals surface area contributed by atoms with Crippen LogP contribution in [-0.4, -0.2) is 58.1 Å². The van der Waals surface area contributed by atoms with Crippen LogP contribution in [-0.2, 0) is 0 Å². The zero-order valence-electron chi connectivity index (χ0n) is 16.0. The molecular weight excluding hydrogens is 356 g/mol. The van der Waals surface area contributed by atoms with Crippen LogP contribution in [0.4, 0.5) is 5.69 Å². The fourth-order valence-corrected chi connectivity index (χ4v) is 3.26. The molecule has 0 aromatic heterocycles. The van der Waals surface area contributed by atoms with Gasteiger partial charge in [0.2, 0.25) is 6.79 Å². The second-order valence-electron chi connectivity index (χ2n) is 6.62. The van der Waals surface area contributed by atoms with Crippen molar-refractivity contribution in [3.8, 4) is 34.8 Å². The zero-order valence-corrected chi connectivity index (χ0v) is 16.0. The van der Waals surface area contributed by atoms with Crippen molar-refractivity contribution in [2.24, 2.45) is 0 Å². The quantitative estimate of drug-likeness (QED) is 0.743. The van der Waals surface area contributed by atoms with E-state index in [0.29, 0.717) is 6.61 Å². The molecule has 0 bridgehead atoms. The van der Waals surface area contributed by atoms with Gasteiger partial charge >= 0.3 is 0 Å². The van der Waals surface area contributed by atoms with Gasteiger partial charge in [0.15, 0.2) is 11.5 Å². The molecule has 6 heteroatoms. The van der Waals surface area contributed by atoms with Crippen molar-refractivity contribution in [3.63, 3.8) is 0 Å². The lowest BCUT2D eigenvalue weighted by Crippen LogP contribution is -2.46. The van der Waals surface area contributed by atoms with Gasteiger partial charge in [0, 0.05) is 37.9 Å². The summed E-state index contributed by atoms with van der Waals surface area (Å²) in [5.41, 5.74) is 1.24. The first kappa shape index (κ1) is 18.3. The maximum absolute atomic E-state index is 5.67. The number of anilines is 1. The highest BCUT2D eigenvalue weighted by Gasteiger charge is 2.16. The van der Waals surface area contributed by atoms with Crippen LogP contribution in [0.5, 0.6) is 23.0 Å². The molecule has 2 heterocycles. The number of ether oxygens (including phenoxy) is 4. The molecule has 0 saturated carbocycles. The highest BCUT2D eigenvalue weighted by atomic mass is 16.7. The molecule has 2 aromatic carbocycles. The number of rotatable bonds is 5. The second-order valence-corrected chi connectivity index (χ2v) is 6.62. The topological polar surface area (TPSA) is 43.4 Å². The Bertz CT molecular complexity index is 849. The van der Waals surface area contributed by atoms with E-state index >= 15 is 0 Å². The molecule has 0 spiro atoms. The smallest absolute Gasteiger partial charge is 0.231 e. The molecule has 2 aromatic rings. The van der Waals surface area contributed by atoms with Crippen molar-refractivity contribution in [1.29, 1.82) is 0 Å². The van der Waals surface area contributed by atoms with Gasteiger partial charge < -0.3 is 23.8 Å². The van der Waals surface area contributed by atoms with Gasteiger partial charge in [-0.25, -0.2) is 0 Å². The summed E-state index contributed by atoms with van der Waals surface area (Å²) in [6, 6.07) is 13.8. The molecule has 0 unspecified atom stereocenters. The fraction of sp³-hybridized carbons (Fsp3) is 0.364. The molecule has 28 heavy (non-hydrogen) atoms. The van der Waals surface area contributed by atoms with E-state index in [1.54, 1.807) is 7.11 Å². The number of fused-ring (bicyclic) bond motifs is 1. The highest BCUT2D eigenvalue weighted by molar-refractivity contribution is 5.49. The summed E-state index contributed by atoms with van der Waals surface area (Å²) in [7, 11) is 1.69. The third-order valence-corrected chi connectivity index (χ3v) is 4.89. The molecule has 2 aliphatic heterocycles. The summed E-state index contributed by atoms with van der Waals surface area (Å²) in [6.45, 7) is 5.41. The largest absolute Gasteiger partial charge is 0.497 e. The van der Waals surface area contributed by atoms with Crippen molar-refractivity contribution >= 4 is 5.69 Å². The average Bonchev–Trinajstić information content (AvgIpc) is 3.22. The summed E-state index contributed by atoms with van der Waals surface area (Å²) in [5, 5.41) is 0. The van der Waals surface area contributed by atoms with Crippen LogP contribution in [0.1, 0.15) is 0 Å². The molecule has 0 radical (unpaired) electrons. The number of nitrogens with zero attached hydrogens (tertiary/aromatic N) is 2. The number of piperazine rings is 1. The number of hydrogen-bond acceptors (Lipinski definition) is 6. The molecule has 0 N–H and O–H groups in total. The molecular formula is C22H24N2O4. The molecule has 0 atom stereocenters. The molecule has 146 valence electrons. The van der Waals surface area contributed by atoms with Crippen LogP contribution in [0.3, 0.4) is 0 Å². The van der Waals surface area contributed by atoms with E-state index in [1.807, 2.05) is 30.3 Å². The van der Waals surface area contributed by atoms with Gasteiger partial charge in [-0.05, 0) is 36.4 Å².